The summed E-state index contributed by atoms with van der Waals surface area (Å²) < 4.78 is 16.4. The van der Waals surface area contributed by atoms with Crippen molar-refractivity contribution in [3.05, 3.63) is 114 Å². The molecule has 9 nitrogen and oxygen atoms in total. The van der Waals surface area contributed by atoms with Gasteiger partial charge in [0.05, 0.1) is 26.1 Å². The summed E-state index contributed by atoms with van der Waals surface area (Å²) in [5.74, 6) is 0.584. The molecule has 0 bridgehead atoms. The summed E-state index contributed by atoms with van der Waals surface area (Å²) in [6, 6.07) is 28.3. The Kier molecular flexibility index (Phi) is 12.3. The Balaban J connectivity index is 1.53. The number of thioether (sulfide) groups is 1. The fourth-order valence-corrected chi connectivity index (χ4v) is 5.43. The van der Waals surface area contributed by atoms with Gasteiger partial charge in [-0.2, -0.15) is 0 Å². The molecule has 0 spiro atoms. The average molecular weight is 640 g/mol. The average Bonchev–Trinajstić information content (AvgIpc) is 3.08. The lowest BCUT2D eigenvalue weighted by molar-refractivity contribution is -0.116. The highest BCUT2D eigenvalue weighted by Gasteiger charge is 2.20. The van der Waals surface area contributed by atoms with E-state index in [9.17, 15) is 14.4 Å². The molecule has 238 valence electrons. The van der Waals surface area contributed by atoms with Gasteiger partial charge in [-0.05, 0) is 55.8 Å². The van der Waals surface area contributed by atoms with E-state index < -0.39 is 17.1 Å². The van der Waals surface area contributed by atoms with Crippen molar-refractivity contribution in [1.82, 2.24) is 5.32 Å². The molecule has 4 aromatic rings. The van der Waals surface area contributed by atoms with Gasteiger partial charge in [0, 0.05) is 45.6 Å². The monoisotopic (exact) mass is 639 g/mol. The SMILES string of the molecule is CCOc1ccccc1/C=C(/NC(=O)c1ccccc1)C(=O)Nc1cccc(SC(CC)C(=O)Nc2cc(OC)cc(OC)c2)c1. The summed E-state index contributed by atoms with van der Waals surface area (Å²) in [5, 5.41) is 8.18. The topological polar surface area (TPSA) is 115 Å². The van der Waals surface area contributed by atoms with E-state index in [1.165, 1.54) is 11.8 Å². The zero-order valence-corrected chi connectivity index (χ0v) is 27.0. The molecule has 0 saturated heterocycles. The smallest absolute Gasteiger partial charge is 0.272 e. The van der Waals surface area contributed by atoms with E-state index in [2.05, 4.69) is 16.0 Å². The van der Waals surface area contributed by atoms with Crippen molar-refractivity contribution in [3.63, 3.8) is 0 Å². The van der Waals surface area contributed by atoms with Gasteiger partial charge in [0.1, 0.15) is 22.9 Å². The Morgan fingerprint density at radius 3 is 2.15 bits per heavy atom. The van der Waals surface area contributed by atoms with Gasteiger partial charge in [-0.15, -0.1) is 11.8 Å². The summed E-state index contributed by atoms with van der Waals surface area (Å²) in [6.07, 6.45) is 2.15. The number of anilines is 2. The summed E-state index contributed by atoms with van der Waals surface area (Å²) in [5.41, 5.74) is 2.15. The second-order valence-electron chi connectivity index (χ2n) is 9.94. The Hall–Kier alpha value is -5.22. The van der Waals surface area contributed by atoms with Crippen LogP contribution >= 0.6 is 11.8 Å². The number of carbonyl (C=O) groups is 3. The molecule has 0 radical (unpaired) electrons. The van der Waals surface area contributed by atoms with Gasteiger partial charge in [-0.25, -0.2) is 0 Å². The maximum Gasteiger partial charge on any atom is 0.272 e. The van der Waals surface area contributed by atoms with Crippen LogP contribution in [0.15, 0.2) is 108 Å². The largest absolute Gasteiger partial charge is 0.497 e. The minimum atomic E-state index is -0.519. The van der Waals surface area contributed by atoms with Gasteiger partial charge >= 0.3 is 0 Å². The molecule has 0 aliphatic carbocycles. The van der Waals surface area contributed by atoms with Crippen molar-refractivity contribution < 1.29 is 28.6 Å². The summed E-state index contributed by atoms with van der Waals surface area (Å²) >= 11 is 1.38. The van der Waals surface area contributed by atoms with E-state index in [0.29, 0.717) is 52.8 Å². The third-order valence-corrected chi connectivity index (χ3v) is 8.06. The van der Waals surface area contributed by atoms with E-state index >= 15 is 0 Å². The highest BCUT2D eigenvalue weighted by molar-refractivity contribution is 8.00. The summed E-state index contributed by atoms with van der Waals surface area (Å²) in [6.45, 7) is 4.25. The molecule has 0 saturated carbocycles. The zero-order chi connectivity index (χ0) is 32.9. The quantitative estimate of drug-likeness (QED) is 0.100. The second kappa shape index (κ2) is 16.7. The lowest BCUT2D eigenvalue weighted by atomic mass is 10.1. The Morgan fingerprint density at radius 1 is 0.783 bits per heavy atom. The molecule has 1 atom stereocenters. The van der Waals surface area contributed by atoms with Crippen molar-refractivity contribution in [2.24, 2.45) is 0 Å². The molecule has 0 aliphatic heterocycles. The zero-order valence-electron chi connectivity index (χ0n) is 26.2. The normalized spacial score (nSPS) is 11.6. The van der Waals surface area contributed by atoms with Crippen LogP contribution in [0, 0.1) is 0 Å². The number of rotatable bonds is 14. The molecule has 4 aromatic carbocycles. The molecule has 10 heteroatoms. The third-order valence-electron chi connectivity index (χ3n) is 6.70. The summed E-state index contributed by atoms with van der Waals surface area (Å²) in [7, 11) is 3.10. The van der Waals surface area contributed by atoms with Crippen LogP contribution in [0.1, 0.15) is 36.2 Å². The van der Waals surface area contributed by atoms with Crippen LogP contribution in [-0.4, -0.2) is 43.8 Å². The number of ether oxygens (including phenoxy) is 3. The molecule has 0 aromatic heterocycles. The second-order valence-corrected chi connectivity index (χ2v) is 11.2. The highest BCUT2D eigenvalue weighted by atomic mass is 32.2. The van der Waals surface area contributed by atoms with E-state index in [1.807, 2.05) is 44.2 Å². The maximum atomic E-state index is 13.6. The number of carbonyl (C=O) groups excluding carboxylic acids is 3. The van der Waals surface area contributed by atoms with Gasteiger partial charge in [-0.3, -0.25) is 14.4 Å². The molecule has 1 unspecified atom stereocenters. The van der Waals surface area contributed by atoms with Crippen LogP contribution in [0.5, 0.6) is 17.2 Å². The van der Waals surface area contributed by atoms with Crippen molar-refractivity contribution in [3.8, 4) is 17.2 Å². The van der Waals surface area contributed by atoms with Crippen LogP contribution in [-0.2, 0) is 9.59 Å². The van der Waals surface area contributed by atoms with Crippen molar-refractivity contribution in [2.45, 2.75) is 30.4 Å². The Bertz CT molecular complexity index is 1670. The molecular weight excluding hydrogens is 602 g/mol. The molecule has 4 rings (SSSR count). The predicted molar refractivity (Wildman–Crippen MR) is 183 cm³/mol. The van der Waals surface area contributed by atoms with Gasteiger partial charge in [-0.1, -0.05) is 49.4 Å². The van der Waals surface area contributed by atoms with Crippen LogP contribution < -0.4 is 30.2 Å². The molecule has 0 aliphatic rings. The number of methoxy groups -OCH3 is 2. The van der Waals surface area contributed by atoms with Crippen molar-refractivity contribution >= 4 is 46.9 Å². The molecule has 46 heavy (non-hydrogen) atoms. The number of para-hydroxylation sites is 1. The van der Waals surface area contributed by atoms with Crippen molar-refractivity contribution in [1.29, 1.82) is 0 Å². The van der Waals surface area contributed by atoms with Crippen LogP contribution in [0.4, 0.5) is 11.4 Å². The number of benzene rings is 4. The number of amides is 3. The molecule has 0 heterocycles. The third kappa shape index (κ3) is 9.39. The predicted octanol–water partition coefficient (Wildman–Crippen LogP) is 7.02. The highest BCUT2D eigenvalue weighted by Crippen LogP contribution is 2.31. The number of hydrogen-bond acceptors (Lipinski definition) is 7. The van der Waals surface area contributed by atoms with Crippen LogP contribution in [0.3, 0.4) is 0 Å². The Labute approximate surface area is 273 Å². The minimum absolute atomic E-state index is 0.0404. The van der Waals surface area contributed by atoms with Crippen LogP contribution in [0.25, 0.3) is 6.08 Å². The first-order valence-electron chi connectivity index (χ1n) is 14.7. The van der Waals surface area contributed by atoms with E-state index in [-0.39, 0.29) is 11.6 Å². The first-order valence-corrected chi connectivity index (χ1v) is 15.6. The Morgan fingerprint density at radius 2 is 1.48 bits per heavy atom. The van der Waals surface area contributed by atoms with Crippen LogP contribution in [0.2, 0.25) is 0 Å². The molecular formula is C36H37N3O6S. The van der Waals surface area contributed by atoms with Gasteiger partial charge in [0.2, 0.25) is 5.91 Å². The van der Waals surface area contributed by atoms with Gasteiger partial charge in [0.25, 0.3) is 11.8 Å². The first-order chi connectivity index (χ1) is 22.3. The van der Waals surface area contributed by atoms with E-state index in [1.54, 1.807) is 87.0 Å². The summed E-state index contributed by atoms with van der Waals surface area (Å²) in [4.78, 5) is 40.7. The van der Waals surface area contributed by atoms with Gasteiger partial charge in [0.15, 0.2) is 0 Å². The molecule has 3 amide bonds. The molecule has 0 fully saturated rings. The minimum Gasteiger partial charge on any atom is -0.497 e. The van der Waals surface area contributed by atoms with Crippen molar-refractivity contribution in [2.75, 3.05) is 31.5 Å². The fourth-order valence-electron chi connectivity index (χ4n) is 4.42. The standard InChI is InChI=1S/C36H37N3O6S/c1-5-33(36(42)38-27-20-28(43-3)23-29(21-27)44-4)46-30-17-12-16-26(22-30)37-35(41)31(39-34(40)24-13-8-7-9-14-24)19-25-15-10-11-18-32(25)45-6-2/h7-23,33H,5-6H2,1-4H3,(H,37,41)(H,38,42)(H,39,40)/b31-19+. The van der Waals surface area contributed by atoms with E-state index in [0.717, 1.165) is 4.90 Å². The molecule has 3 N–H and O–H groups in total. The van der Waals surface area contributed by atoms with Gasteiger partial charge < -0.3 is 30.2 Å². The maximum absolute atomic E-state index is 13.6. The fraction of sp³-hybridized carbons (Fsp3) is 0.194. The van der Waals surface area contributed by atoms with E-state index in [4.69, 9.17) is 14.2 Å². The lowest BCUT2D eigenvalue weighted by Gasteiger charge is -2.17. The lowest BCUT2D eigenvalue weighted by Crippen LogP contribution is -2.30. The number of nitrogens with one attached hydrogen (secondary N) is 3. The first kappa shape index (κ1) is 33.7. The number of hydrogen-bond donors (Lipinski definition) is 3.